The van der Waals surface area contributed by atoms with E-state index < -0.39 is 12.3 Å². The summed E-state index contributed by atoms with van der Waals surface area (Å²) in [7, 11) is 1.28. The predicted molar refractivity (Wildman–Crippen MR) is 41.6 cm³/mol. The standard InChI is InChI=1S/C7H8N2O4/c1-11-7(10)9-6-3-2-5(4-8-9)12-13-6/h2-6H,1H3. The first-order valence-corrected chi connectivity index (χ1v) is 3.73. The molecule has 2 unspecified atom stereocenters. The van der Waals surface area contributed by atoms with Gasteiger partial charge in [0.15, 0.2) is 0 Å². The average molecular weight is 184 g/mol. The first-order valence-electron chi connectivity index (χ1n) is 3.73. The number of hydrazone groups is 1. The summed E-state index contributed by atoms with van der Waals surface area (Å²) in [6, 6.07) is 0. The second-order valence-corrected chi connectivity index (χ2v) is 2.51. The van der Waals surface area contributed by atoms with Crippen LogP contribution in [0.4, 0.5) is 4.79 Å². The smallest absolute Gasteiger partial charge is 0.432 e. The lowest BCUT2D eigenvalue weighted by atomic mass is 10.3. The molecule has 0 aromatic heterocycles. The van der Waals surface area contributed by atoms with Gasteiger partial charge >= 0.3 is 6.09 Å². The summed E-state index contributed by atoms with van der Waals surface area (Å²) in [5.41, 5.74) is 0. The quantitative estimate of drug-likeness (QED) is 0.400. The van der Waals surface area contributed by atoms with Crippen LogP contribution in [0.2, 0.25) is 0 Å². The van der Waals surface area contributed by atoms with Crippen LogP contribution in [0.1, 0.15) is 0 Å². The molecule has 0 saturated carbocycles. The lowest BCUT2D eigenvalue weighted by Crippen LogP contribution is -2.36. The van der Waals surface area contributed by atoms with Gasteiger partial charge < -0.3 is 4.74 Å². The van der Waals surface area contributed by atoms with Crippen molar-refractivity contribution in [2.75, 3.05) is 7.11 Å². The number of hydrogen-bond donors (Lipinski definition) is 0. The van der Waals surface area contributed by atoms with Crippen LogP contribution in [0.5, 0.6) is 0 Å². The van der Waals surface area contributed by atoms with Crippen LogP contribution in [0.25, 0.3) is 0 Å². The first-order chi connectivity index (χ1) is 6.31. The van der Waals surface area contributed by atoms with Gasteiger partial charge in [-0.3, -0.25) is 0 Å². The third-order valence-corrected chi connectivity index (χ3v) is 1.67. The van der Waals surface area contributed by atoms with E-state index in [9.17, 15) is 4.79 Å². The maximum atomic E-state index is 11.1. The van der Waals surface area contributed by atoms with Crippen molar-refractivity contribution >= 4 is 12.3 Å². The van der Waals surface area contributed by atoms with Crippen LogP contribution >= 0.6 is 0 Å². The number of nitrogens with zero attached hydrogens (tertiary/aromatic N) is 2. The summed E-state index contributed by atoms with van der Waals surface area (Å²) >= 11 is 0. The molecule has 0 N–H and O–H groups in total. The molecule has 2 bridgehead atoms. The molecule has 6 heteroatoms. The van der Waals surface area contributed by atoms with Crippen molar-refractivity contribution in [1.82, 2.24) is 5.01 Å². The van der Waals surface area contributed by atoms with Crippen molar-refractivity contribution in [3.63, 3.8) is 0 Å². The molecule has 3 aliphatic rings. The van der Waals surface area contributed by atoms with E-state index in [1.165, 1.54) is 13.3 Å². The minimum atomic E-state index is -0.637. The van der Waals surface area contributed by atoms with Crippen LogP contribution in [0.3, 0.4) is 0 Å². The van der Waals surface area contributed by atoms with Gasteiger partial charge in [-0.15, -0.1) is 0 Å². The maximum absolute atomic E-state index is 11.1. The topological polar surface area (TPSA) is 60.4 Å². The summed E-state index contributed by atoms with van der Waals surface area (Å²) in [4.78, 5) is 20.8. The Morgan fingerprint density at radius 2 is 2.38 bits per heavy atom. The molecule has 0 fully saturated rings. The first kappa shape index (κ1) is 8.21. The van der Waals surface area contributed by atoms with Gasteiger partial charge in [0.25, 0.3) is 0 Å². The number of ether oxygens (including phenoxy) is 1. The zero-order valence-corrected chi connectivity index (χ0v) is 6.91. The second-order valence-electron chi connectivity index (χ2n) is 2.51. The highest BCUT2D eigenvalue weighted by Crippen LogP contribution is 2.17. The molecule has 13 heavy (non-hydrogen) atoms. The zero-order chi connectivity index (χ0) is 9.26. The number of carbonyl (C=O) groups is 1. The summed E-state index contributed by atoms with van der Waals surface area (Å²) in [6.45, 7) is 0. The van der Waals surface area contributed by atoms with E-state index >= 15 is 0 Å². The highest BCUT2D eigenvalue weighted by Gasteiger charge is 2.30. The van der Waals surface area contributed by atoms with Crippen LogP contribution in [0, 0.1) is 0 Å². The summed E-state index contributed by atoms with van der Waals surface area (Å²) in [6.07, 6.45) is 3.34. The Labute approximate surface area is 74.3 Å². The molecule has 0 aromatic rings. The number of carbonyl (C=O) groups excluding carboxylic acids is 1. The molecule has 0 spiro atoms. The molecule has 2 atom stereocenters. The van der Waals surface area contributed by atoms with E-state index in [1.807, 2.05) is 0 Å². The Balaban J connectivity index is 2.21. The van der Waals surface area contributed by atoms with E-state index in [4.69, 9.17) is 9.78 Å². The van der Waals surface area contributed by atoms with Crippen LogP contribution in [-0.4, -0.2) is 36.8 Å². The molecule has 0 radical (unpaired) electrons. The normalized spacial score (nSPS) is 30.4. The number of fused-ring (bicyclic) bond motifs is 2. The van der Waals surface area contributed by atoms with E-state index in [2.05, 4.69) is 9.84 Å². The molecule has 0 saturated heterocycles. The summed E-state index contributed by atoms with van der Waals surface area (Å²) < 4.78 is 4.50. The van der Waals surface area contributed by atoms with Gasteiger partial charge in [-0.1, -0.05) is 0 Å². The number of hydrogen-bond acceptors (Lipinski definition) is 5. The molecule has 0 aliphatic carbocycles. The molecule has 70 valence electrons. The van der Waals surface area contributed by atoms with Crippen LogP contribution < -0.4 is 0 Å². The van der Waals surface area contributed by atoms with Crippen molar-refractivity contribution in [1.29, 1.82) is 0 Å². The fourth-order valence-corrected chi connectivity index (χ4v) is 1.03. The van der Waals surface area contributed by atoms with Crippen molar-refractivity contribution in [2.45, 2.75) is 12.3 Å². The Bertz CT molecular complexity index is 276. The number of amides is 1. The number of rotatable bonds is 0. The van der Waals surface area contributed by atoms with Crippen molar-refractivity contribution < 1.29 is 19.3 Å². The molecule has 3 heterocycles. The largest absolute Gasteiger partial charge is 0.451 e. The monoisotopic (exact) mass is 184 g/mol. The van der Waals surface area contributed by atoms with E-state index in [0.717, 1.165) is 5.01 Å². The predicted octanol–water partition coefficient (Wildman–Crippen LogP) is 0.267. The SMILES string of the molecule is COC(=O)N1N=CC2C=CC1OO2. The average Bonchev–Trinajstić information content (AvgIpc) is 2.49. The third-order valence-electron chi connectivity index (χ3n) is 1.67. The van der Waals surface area contributed by atoms with Crippen LogP contribution in [-0.2, 0) is 14.5 Å². The summed E-state index contributed by atoms with van der Waals surface area (Å²) in [5.74, 6) is 0. The lowest BCUT2D eigenvalue weighted by molar-refractivity contribution is -0.342. The lowest BCUT2D eigenvalue weighted by Gasteiger charge is -2.22. The molecule has 0 aromatic carbocycles. The number of methoxy groups -OCH3 is 1. The van der Waals surface area contributed by atoms with Crippen LogP contribution in [0.15, 0.2) is 17.3 Å². The minimum Gasteiger partial charge on any atom is -0.451 e. The zero-order valence-electron chi connectivity index (χ0n) is 6.91. The molecule has 3 rings (SSSR count). The van der Waals surface area contributed by atoms with Crippen molar-refractivity contribution in [2.24, 2.45) is 5.10 Å². The minimum absolute atomic E-state index is 0.328. The van der Waals surface area contributed by atoms with Crippen molar-refractivity contribution in [3.8, 4) is 0 Å². The van der Waals surface area contributed by atoms with Crippen molar-refractivity contribution in [3.05, 3.63) is 12.2 Å². The van der Waals surface area contributed by atoms with Gasteiger partial charge in [0.05, 0.1) is 13.3 Å². The third kappa shape index (κ3) is 1.41. The van der Waals surface area contributed by atoms with E-state index in [0.29, 0.717) is 0 Å². The highest BCUT2D eigenvalue weighted by atomic mass is 17.2. The summed E-state index contributed by atoms with van der Waals surface area (Å²) in [5, 5.41) is 4.90. The Morgan fingerprint density at radius 3 is 3.00 bits per heavy atom. The van der Waals surface area contributed by atoms with Gasteiger partial charge in [0, 0.05) is 0 Å². The van der Waals surface area contributed by atoms with Gasteiger partial charge in [-0.2, -0.15) is 10.1 Å². The van der Waals surface area contributed by atoms with E-state index in [1.54, 1.807) is 12.2 Å². The Kier molecular flexibility index (Phi) is 1.99. The fraction of sp³-hybridized carbons (Fsp3) is 0.429. The molecular formula is C7H8N2O4. The Hall–Kier alpha value is -1.40. The maximum Gasteiger partial charge on any atom is 0.432 e. The molecule has 1 amide bonds. The molecule has 6 nitrogen and oxygen atoms in total. The Morgan fingerprint density at radius 1 is 1.54 bits per heavy atom. The van der Waals surface area contributed by atoms with Gasteiger partial charge in [0.1, 0.15) is 6.10 Å². The second kappa shape index (κ2) is 3.15. The molecular weight excluding hydrogens is 176 g/mol. The van der Waals surface area contributed by atoms with Gasteiger partial charge in [-0.25, -0.2) is 14.6 Å². The van der Waals surface area contributed by atoms with E-state index in [-0.39, 0.29) is 6.10 Å². The highest BCUT2D eigenvalue weighted by molar-refractivity contribution is 5.73. The fourth-order valence-electron chi connectivity index (χ4n) is 1.03. The van der Waals surface area contributed by atoms with Gasteiger partial charge in [0.2, 0.25) is 6.23 Å². The molecule has 3 aliphatic heterocycles. The van der Waals surface area contributed by atoms with Gasteiger partial charge in [-0.05, 0) is 12.2 Å².